The summed E-state index contributed by atoms with van der Waals surface area (Å²) in [4.78, 5) is 11.0. The van der Waals surface area contributed by atoms with Gasteiger partial charge in [0.25, 0.3) is 0 Å². The van der Waals surface area contributed by atoms with E-state index in [0.717, 1.165) is 37.8 Å². The lowest BCUT2D eigenvalue weighted by Crippen LogP contribution is -2.12. The molecular formula is C12H17NO. The Kier molecular flexibility index (Phi) is 2.71. The maximum Gasteiger partial charge on any atom is 0.166 e. The summed E-state index contributed by atoms with van der Waals surface area (Å²) in [6.45, 7) is 3.19. The summed E-state index contributed by atoms with van der Waals surface area (Å²) < 4.78 is 2.21. The largest absolute Gasteiger partial charge is 0.342 e. The molecule has 0 spiro atoms. The molecule has 0 aliphatic carbocycles. The molecule has 14 heavy (non-hydrogen) atoms. The van der Waals surface area contributed by atoms with Crippen LogP contribution in [-0.2, 0) is 19.4 Å². The van der Waals surface area contributed by atoms with E-state index < -0.39 is 0 Å². The van der Waals surface area contributed by atoms with Gasteiger partial charge in [-0.3, -0.25) is 4.79 Å². The molecule has 1 aliphatic rings. The van der Waals surface area contributed by atoms with Crippen LogP contribution in [0.4, 0.5) is 0 Å². The van der Waals surface area contributed by atoms with Gasteiger partial charge in [-0.1, -0.05) is 13.3 Å². The van der Waals surface area contributed by atoms with Crippen molar-refractivity contribution in [2.75, 3.05) is 0 Å². The van der Waals surface area contributed by atoms with Crippen LogP contribution in [0.2, 0.25) is 0 Å². The quantitative estimate of drug-likeness (QED) is 0.673. The number of carbonyl (C=O) groups excluding carboxylic acids is 1. The monoisotopic (exact) mass is 191 g/mol. The second-order valence-corrected chi connectivity index (χ2v) is 4.02. The number of aldehydes is 1. The predicted octanol–water partition coefficient (Wildman–Crippen LogP) is 2.59. The van der Waals surface area contributed by atoms with E-state index in [4.69, 9.17) is 0 Å². The number of nitrogens with zero attached hydrogens (tertiary/aromatic N) is 1. The van der Waals surface area contributed by atoms with Gasteiger partial charge in [-0.25, -0.2) is 0 Å². The summed E-state index contributed by atoms with van der Waals surface area (Å²) in [6.07, 6.45) is 6.81. The second kappa shape index (κ2) is 3.99. The standard InChI is InChI=1S/C12H17NO/c1-2-5-10-8-11-6-3-4-7-13(11)12(10)9-14/h8-9H,2-7H2,1H3. The lowest BCUT2D eigenvalue weighted by molar-refractivity contribution is 0.111. The fourth-order valence-corrected chi connectivity index (χ4v) is 2.34. The van der Waals surface area contributed by atoms with Crippen LogP contribution in [0.15, 0.2) is 6.07 Å². The molecule has 0 radical (unpaired) electrons. The molecule has 0 fully saturated rings. The van der Waals surface area contributed by atoms with E-state index in [1.807, 2.05) is 0 Å². The van der Waals surface area contributed by atoms with Gasteiger partial charge < -0.3 is 4.57 Å². The van der Waals surface area contributed by atoms with Crippen LogP contribution in [0.25, 0.3) is 0 Å². The van der Waals surface area contributed by atoms with Gasteiger partial charge in [0.2, 0.25) is 0 Å². The topological polar surface area (TPSA) is 22.0 Å². The zero-order chi connectivity index (χ0) is 9.97. The van der Waals surface area contributed by atoms with E-state index in [1.54, 1.807) is 0 Å². The molecule has 2 nitrogen and oxygen atoms in total. The zero-order valence-corrected chi connectivity index (χ0v) is 8.75. The van der Waals surface area contributed by atoms with Gasteiger partial charge in [0.15, 0.2) is 6.29 Å². The van der Waals surface area contributed by atoms with Crippen molar-refractivity contribution in [3.05, 3.63) is 23.0 Å². The number of fused-ring (bicyclic) bond motifs is 1. The number of aryl methyl sites for hydroxylation is 2. The Morgan fingerprint density at radius 1 is 1.50 bits per heavy atom. The highest BCUT2D eigenvalue weighted by molar-refractivity contribution is 5.75. The third kappa shape index (κ3) is 1.49. The first-order valence-corrected chi connectivity index (χ1v) is 5.53. The van der Waals surface area contributed by atoms with Crippen LogP contribution in [0.3, 0.4) is 0 Å². The Labute approximate surface area is 84.9 Å². The highest BCUT2D eigenvalue weighted by Crippen LogP contribution is 2.22. The van der Waals surface area contributed by atoms with Crippen LogP contribution in [0.5, 0.6) is 0 Å². The molecule has 0 bridgehead atoms. The van der Waals surface area contributed by atoms with Crippen molar-refractivity contribution in [1.29, 1.82) is 0 Å². The number of rotatable bonds is 3. The van der Waals surface area contributed by atoms with E-state index in [2.05, 4.69) is 17.6 Å². The molecule has 2 heterocycles. The normalized spacial score (nSPS) is 15.2. The SMILES string of the molecule is CCCc1cc2n(c1C=O)CCCC2. The summed E-state index contributed by atoms with van der Waals surface area (Å²) in [7, 11) is 0. The lowest BCUT2D eigenvalue weighted by atomic mass is 10.1. The van der Waals surface area contributed by atoms with E-state index >= 15 is 0 Å². The van der Waals surface area contributed by atoms with Crippen molar-refractivity contribution in [2.45, 2.75) is 45.6 Å². The van der Waals surface area contributed by atoms with Crippen LogP contribution in [-0.4, -0.2) is 10.9 Å². The van der Waals surface area contributed by atoms with Crippen molar-refractivity contribution in [3.63, 3.8) is 0 Å². The van der Waals surface area contributed by atoms with Crippen molar-refractivity contribution in [2.24, 2.45) is 0 Å². The molecule has 0 aromatic carbocycles. The molecule has 0 amide bonds. The Bertz CT molecular complexity index is 338. The molecule has 0 unspecified atom stereocenters. The maximum absolute atomic E-state index is 11.0. The number of carbonyl (C=O) groups is 1. The third-order valence-electron chi connectivity index (χ3n) is 3.00. The van der Waals surface area contributed by atoms with E-state index in [-0.39, 0.29) is 0 Å². The highest BCUT2D eigenvalue weighted by atomic mass is 16.1. The molecule has 0 atom stereocenters. The molecule has 76 valence electrons. The van der Waals surface area contributed by atoms with Gasteiger partial charge in [0.1, 0.15) is 0 Å². The van der Waals surface area contributed by atoms with E-state index in [1.165, 1.54) is 24.1 Å². The second-order valence-electron chi connectivity index (χ2n) is 4.02. The minimum Gasteiger partial charge on any atom is -0.342 e. The van der Waals surface area contributed by atoms with Crippen molar-refractivity contribution in [3.8, 4) is 0 Å². The van der Waals surface area contributed by atoms with Crippen LogP contribution in [0.1, 0.15) is 47.9 Å². The van der Waals surface area contributed by atoms with Crippen LogP contribution in [0, 0.1) is 0 Å². The van der Waals surface area contributed by atoms with Gasteiger partial charge >= 0.3 is 0 Å². The Morgan fingerprint density at radius 2 is 2.36 bits per heavy atom. The van der Waals surface area contributed by atoms with E-state index in [0.29, 0.717) is 0 Å². The first-order chi connectivity index (χ1) is 6.86. The Hall–Kier alpha value is -1.05. The average molecular weight is 191 g/mol. The molecule has 2 heteroatoms. The predicted molar refractivity (Wildman–Crippen MR) is 56.8 cm³/mol. The Morgan fingerprint density at radius 3 is 3.07 bits per heavy atom. The van der Waals surface area contributed by atoms with Crippen LogP contribution < -0.4 is 0 Å². The molecule has 1 aliphatic heterocycles. The summed E-state index contributed by atoms with van der Waals surface area (Å²) in [5.74, 6) is 0. The minimum atomic E-state index is 0.932. The van der Waals surface area contributed by atoms with E-state index in [9.17, 15) is 4.79 Å². The van der Waals surface area contributed by atoms with Gasteiger partial charge in [0, 0.05) is 12.2 Å². The van der Waals surface area contributed by atoms with Crippen LogP contribution >= 0.6 is 0 Å². The smallest absolute Gasteiger partial charge is 0.166 e. The third-order valence-corrected chi connectivity index (χ3v) is 3.00. The maximum atomic E-state index is 11.0. The average Bonchev–Trinajstić information content (AvgIpc) is 2.55. The first kappa shape index (κ1) is 9.50. The molecule has 1 aromatic rings. The van der Waals surface area contributed by atoms with Crippen molar-refractivity contribution in [1.82, 2.24) is 4.57 Å². The molecule has 0 N–H and O–H groups in total. The van der Waals surface area contributed by atoms with Crippen molar-refractivity contribution >= 4 is 6.29 Å². The Balaban J connectivity index is 2.40. The summed E-state index contributed by atoms with van der Waals surface area (Å²) in [5.41, 5.74) is 3.54. The zero-order valence-electron chi connectivity index (χ0n) is 8.75. The summed E-state index contributed by atoms with van der Waals surface area (Å²) in [5, 5.41) is 0. The van der Waals surface area contributed by atoms with Crippen molar-refractivity contribution < 1.29 is 4.79 Å². The molecule has 2 rings (SSSR count). The van der Waals surface area contributed by atoms with Gasteiger partial charge in [-0.05, 0) is 37.3 Å². The highest BCUT2D eigenvalue weighted by Gasteiger charge is 2.16. The number of hydrogen-bond donors (Lipinski definition) is 0. The first-order valence-electron chi connectivity index (χ1n) is 5.53. The minimum absolute atomic E-state index is 0.932. The summed E-state index contributed by atoms with van der Waals surface area (Å²) in [6, 6.07) is 2.23. The lowest BCUT2D eigenvalue weighted by Gasteiger charge is -2.15. The van der Waals surface area contributed by atoms with Gasteiger partial charge in [0.05, 0.1) is 5.69 Å². The fourth-order valence-electron chi connectivity index (χ4n) is 2.34. The number of hydrogen-bond acceptors (Lipinski definition) is 1. The number of aromatic nitrogens is 1. The van der Waals surface area contributed by atoms with Gasteiger partial charge in [-0.15, -0.1) is 0 Å². The molecule has 0 saturated heterocycles. The molecular weight excluding hydrogens is 174 g/mol. The molecule has 0 saturated carbocycles. The summed E-state index contributed by atoms with van der Waals surface area (Å²) >= 11 is 0. The van der Waals surface area contributed by atoms with Gasteiger partial charge in [-0.2, -0.15) is 0 Å². The fraction of sp³-hybridized carbons (Fsp3) is 0.583. The molecule has 1 aromatic heterocycles.